The Labute approximate surface area is 212 Å². The van der Waals surface area contributed by atoms with Crippen LogP contribution in [0, 0.1) is 5.92 Å². The number of aryl methyl sites for hydroxylation is 1. The molecule has 0 spiro atoms. The number of benzene rings is 3. The van der Waals surface area contributed by atoms with E-state index < -0.39 is 12.1 Å². The molecule has 6 heteroatoms. The van der Waals surface area contributed by atoms with Crippen molar-refractivity contribution < 1.29 is 29.3 Å². The normalized spacial score (nSPS) is 12.6. The number of Topliss-reactive ketones (excluding diaryl/α,β-unsaturated/α-hetero) is 1. The molecule has 2 atom stereocenters. The molecule has 0 amide bonds. The van der Waals surface area contributed by atoms with Gasteiger partial charge in [0, 0.05) is 0 Å². The summed E-state index contributed by atoms with van der Waals surface area (Å²) >= 11 is 0. The number of aliphatic carboxylic acids is 1. The molecule has 3 aromatic carbocycles. The van der Waals surface area contributed by atoms with Gasteiger partial charge in [0.25, 0.3) is 0 Å². The Kier molecular flexibility index (Phi) is 9.65. The number of carbonyl (C=O) groups excluding carboxylic acids is 1. The van der Waals surface area contributed by atoms with E-state index in [0.29, 0.717) is 29.0 Å². The smallest absolute Gasteiger partial charge is 0.307 e. The van der Waals surface area contributed by atoms with E-state index in [2.05, 4.69) is 12.1 Å². The van der Waals surface area contributed by atoms with Crippen LogP contribution in [-0.2, 0) is 24.1 Å². The molecule has 0 aliphatic carbocycles. The second-order valence-corrected chi connectivity index (χ2v) is 9.03. The van der Waals surface area contributed by atoms with Crippen LogP contribution >= 0.6 is 0 Å². The van der Waals surface area contributed by atoms with E-state index >= 15 is 0 Å². The van der Waals surface area contributed by atoms with Crippen molar-refractivity contribution in [2.24, 2.45) is 5.92 Å². The third-order valence-electron chi connectivity index (χ3n) is 6.43. The monoisotopic (exact) mass is 490 g/mol. The topological polar surface area (TPSA) is 93.1 Å². The molecule has 0 saturated heterocycles. The van der Waals surface area contributed by atoms with Gasteiger partial charge in [-0.25, -0.2) is 0 Å². The zero-order valence-electron chi connectivity index (χ0n) is 21.1. The maximum absolute atomic E-state index is 12.2. The van der Waals surface area contributed by atoms with Crippen molar-refractivity contribution in [1.82, 2.24) is 0 Å². The van der Waals surface area contributed by atoms with Gasteiger partial charge in [-0.3, -0.25) is 9.59 Å². The van der Waals surface area contributed by atoms with E-state index in [1.807, 2.05) is 42.5 Å². The van der Waals surface area contributed by atoms with Crippen LogP contribution in [0.1, 0.15) is 58.5 Å². The molecule has 0 radical (unpaired) electrons. The second kappa shape index (κ2) is 12.9. The number of methoxy groups -OCH3 is 2. The van der Waals surface area contributed by atoms with Crippen molar-refractivity contribution in [1.29, 1.82) is 0 Å². The van der Waals surface area contributed by atoms with E-state index in [-0.39, 0.29) is 18.1 Å². The summed E-state index contributed by atoms with van der Waals surface area (Å²) in [4.78, 5) is 23.2. The first-order valence-electron chi connectivity index (χ1n) is 12.1. The molecule has 3 aromatic rings. The predicted molar refractivity (Wildman–Crippen MR) is 139 cm³/mol. The molecule has 0 fully saturated rings. The largest absolute Gasteiger partial charge is 0.496 e. The minimum absolute atomic E-state index is 0.0223. The first-order valence-corrected chi connectivity index (χ1v) is 12.1. The van der Waals surface area contributed by atoms with Crippen molar-refractivity contribution in [2.75, 3.05) is 14.2 Å². The molecule has 0 saturated carbocycles. The van der Waals surface area contributed by atoms with Gasteiger partial charge in [0.05, 0.1) is 26.7 Å². The van der Waals surface area contributed by atoms with Crippen LogP contribution in [0.3, 0.4) is 0 Å². The minimum atomic E-state index is -0.867. The molecule has 0 heterocycles. The number of aliphatic hydroxyl groups excluding tert-OH is 1. The van der Waals surface area contributed by atoms with Crippen molar-refractivity contribution in [2.45, 2.75) is 45.1 Å². The first-order chi connectivity index (χ1) is 17.3. The summed E-state index contributed by atoms with van der Waals surface area (Å²) in [5, 5.41) is 20.5. The Balaban J connectivity index is 1.87. The Hall–Kier alpha value is -3.64. The summed E-state index contributed by atoms with van der Waals surface area (Å²) in [7, 11) is 2.99. The third kappa shape index (κ3) is 7.18. The number of carboxylic acids is 1. The molecular formula is C30H34O6. The Morgan fingerprint density at radius 3 is 1.97 bits per heavy atom. The lowest BCUT2D eigenvalue weighted by molar-refractivity contribution is -0.136. The number of carboxylic acid groups (broad SMARTS) is 1. The van der Waals surface area contributed by atoms with Crippen LogP contribution < -0.4 is 9.47 Å². The lowest BCUT2D eigenvalue weighted by atomic mass is 9.84. The lowest BCUT2D eigenvalue weighted by Gasteiger charge is -2.25. The van der Waals surface area contributed by atoms with Crippen LogP contribution in [0.2, 0.25) is 0 Å². The SMILES string of the molecule is COc1cc(C(O)C(CCCc2ccccc2)Cc2ccc(CC(=O)O)cc2)cc(OC)c1C(C)=O. The van der Waals surface area contributed by atoms with Crippen LogP contribution in [0.5, 0.6) is 11.5 Å². The fourth-order valence-electron chi connectivity index (χ4n) is 4.58. The molecule has 3 rings (SSSR count). The van der Waals surface area contributed by atoms with Gasteiger partial charge in [-0.1, -0.05) is 54.6 Å². The predicted octanol–water partition coefficient (Wildman–Crippen LogP) is 5.45. The molecule has 6 nitrogen and oxygen atoms in total. The van der Waals surface area contributed by atoms with E-state index in [1.54, 1.807) is 12.1 Å². The molecule has 2 unspecified atom stereocenters. The van der Waals surface area contributed by atoms with Gasteiger partial charge in [-0.05, 0) is 72.9 Å². The fraction of sp³-hybridized carbons (Fsp3) is 0.333. The average molecular weight is 491 g/mol. The lowest BCUT2D eigenvalue weighted by Crippen LogP contribution is -2.17. The molecule has 0 aliphatic rings. The Bertz CT molecular complexity index is 1130. The molecule has 0 aliphatic heterocycles. The second-order valence-electron chi connectivity index (χ2n) is 9.03. The van der Waals surface area contributed by atoms with E-state index in [4.69, 9.17) is 14.6 Å². The van der Waals surface area contributed by atoms with Gasteiger partial charge < -0.3 is 19.7 Å². The zero-order valence-corrected chi connectivity index (χ0v) is 21.1. The number of carbonyl (C=O) groups is 2. The Morgan fingerprint density at radius 1 is 0.861 bits per heavy atom. The number of hydrogen-bond donors (Lipinski definition) is 2. The van der Waals surface area contributed by atoms with Crippen LogP contribution in [0.4, 0.5) is 0 Å². The van der Waals surface area contributed by atoms with Crippen molar-refractivity contribution in [3.63, 3.8) is 0 Å². The van der Waals surface area contributed by atoms with Gasteiger partial charge in [0.1, 0.15) is 17.1 Å². The van der Waals surface area contributed by atoms with E-state index in [0.717, 1.165) is 30.4 Å². The van der Waals surface area contributed by atoms with Gasteiger partial charge in [-0.2, -0.15) is 0 Å². The molecular weight excluding hydrogens is 456 g/mol. The highest BCUT2D eigenvalue weighted by Gasteiger charge is 2.25. The highest BCUT2D eigenvalue weighted by molar-refractivity contribution is 5.99. The number of hydrogen-bond acceptors (Lipinski definition) is 5. The summed E-state index contributed by atoms with van der Waals surface area (Å²) in [5.41, 5.74) is 3.98. The Morgan fingerprint density at radius 2 is 1.44 bits per heavy atom. The van der Waals surface area contributed by atoms with Gasteiger partial charge >= 0.3 is 5.97 Å². The maximum Gasteiger partial charge on any atom is 0.307 e. The van der Waals surface area contributed by atoms with Crippen molar-refractivity contribution in [3.05, 3.63) is 94.5 Å². The van der Waals surface area contributed by atoms with Crippen LogP contribution in [0.25, 0.3) is 0 Å². The summed E-state index contributed by atoms with van der Waals surface area (Å²) in [5.74, 6) is -0.412. The molecule has 36 heavy (non-hydrogen) atoms. The quantitative estimate of drug-likeness (QED) is 0.310. The van der Waals surface area contributed by atoms with Crippen LogP contribution in [-0.4, -0.2) is 36.2 Å². The van der Waals surface area contributed by atoms with Crippen molar-refractivity contribution >= 4 is 11.8 Å². The average Bonchev–Trinajstić information content (AvgIpc) is 2.88. The van der Waals surface area contributed by atoms with Gasteiger partial charge in [0.15, 0.2) is 5.78 Å². The number of aliphatic hydroxyl groups is 1. The molecule has 190 valence electrons. The summed E-state index contributed by atoms with van der Waals surface area (Å²) in [6.45, 7) is 1.46. The summed E-state index contributed by atoms with van der Waals surface area (Å²) in [6, 6.07) is 21.2. The fourth-order valence-corrected chi connectivity index (χ4v) is 4.58. The van der Waals surface area contributed by atoms with Gasteiger partial charge in [0.2, 0.25) is 0 Å². The molecule has 2 N–H and O–H groups in total. The summed E-state index contributed by atoms with van der Waals surface area (Å²) in [6.07, 6.45) is 2.34. The number of rotatable bonds is 13. The highest BCUT2D eigenvalue weighted by atomic mass is 16.5. The van der Waals surface area contributed by atoms with Crippen LogP contribution in [0.15, 0.2) is 66.7 Å². The van der Waals surface area contributed by atoms with E-state index in [9.17, 15) is 14.7 Å². The number of ether oxygens (including phenoxy) is 2. The van der Waals surface area contributed by atoms with Gasteiger partial charge in [-0.15, -0.1) is 0 Å². The van der Waals surface area contributed by atoms with Crippen molar-refractivity contribution in [3.8, 4) is 11.5 Å². The number of ketones is 1. The molecule has 0 bridgehead atoms. The highest BCUT2D eigenvalue weighted by Crippen LogP contribution is 2.37. The maximum atomic E-state index is 12.2. The van der Waals surface area contributed by atoms with E-state index in [1.165, 1.54) is 26.7 Å². The first kappa shape index (κ1) is 27.0. The third-order valence-corrected chi connectivity index (χ3v) is 6.43. The standard InChI is InChI=1S/C30H34O6/c1-20(31)29-26(35-2)18-25(19-27(29)36-3)30(34)24(11-7-10-21-8-5-4-6-9-21)16-22-12-14-23(15-13-22)17-28(32)33/h4-6,8-9,12-15,18-19,24,30,34H,7,10-11,16-17H2,1-3H3,(H,32,33). The molecule has 0 aromatic heterocycles. The minimum Gasteiger partial charge on any atom is -0.496 e. The summed E-state index contributed by atoms with van der Waals surface area (Å²) < 4.78 is 10.9. The zero-order chi connectivity index (χ0) is 26.1.